The lowest BCUT2D eigenvalue weighted by Gasteiger charge is -2.53. The maximum absolute atomic E-state index is 13.2. The fourth-order valence-electron chi connectivity index (χ4n) is 3.92. The highest BCUT2D eigenvalue weighted by molar-refractivity contribution is 8.00. The number of nitrogens with two attached hydrogens (primary N) is 1. The number of amides is 2. The number of nitrogens with one attached hydrogen (secondary N) is 1. The third kappa shape index (κ3) is 6.19. The van der Waals surface area contributed by atoms with E-state index in [2.05, 4.69) is 5.32 Å². The Kier molecular flexibility index (Phi) is 8.59. The van der Waals surface area contributed by atoms with Crippen molar-refractivity contribution in [2.75, 3.05) is 24.6 Å². The second kappa shape index (κ2) is 11.0. The zero-order valence-corrected chi connectivity index (χ0v) is 23.3. The van der Waals surface area contributed by atoms with E-state index in [9.17, 15) is 29.1 Å². The highest BCUT2D eigenvalue weighted by Gasteiger charge is 2.58. The summed E-state index contributed by atoms with van der Waals surface area (Å²) in [6.45, 7) is 5.75. The number of benzene rings is 1. The van der Waals surface area contributed by atoms with Crippen LogP contribution < -0.4 is 11.1 Å². The van der Waals surface area contributed by atoms with E-state index in [1.165, 1.54) is 30.0 Å². The predicted molar refractivity (Wildman–Crippen MR) is 141 cm³/mol. The number of fused-ring (bicyclic) bond motifs is 1. The van der Waals surface area contributed by atoms with Gasteiger partial charge in [-0.25, -0.2) is 4.79 Å². The number of hydrogen-bond acceptors (Lipinski definition) is 9. The van der Waals surface area contributed by atoms with Gasteiger partial charge in [-0.05, 0) is 32.9 Å². The number of thioether (sulfide) groups is 1. The number of anilines is 1. The number of ether oxygens (including phenoxy) is 2. The van der Waals surface area contributed by atoms with E-state index in [4.69, 9.17) is 38.4 Å². The van der Waals surface area contributed by atoms with Crippen LogP contribution in [0.3, 0.4) is 0 Å². The van der Waals surface area contributed by atoms with Crippen LogP contribution in [0.4, 0.5) is 5.69 Å². The molecule has 0 aromatic heterocycles. The van der Waals surface area contributed by atoms with Crippen LogP contribution in [0.25, 0.3) is 5.57 Å². The molecular weight excluding hydrogens is 561 g/mol. The SMILES string of the molecule is CC(=O)OCC1(C(=O)O)CS[C@@H]2C(NC(=O)C(=C(Cl)Cl)c3ccc(C(=O)OC(C)(C)C)cc3N)C(=O)N2C1. The Bertz CT molecular complexity index is 1230. The van der Waals surface area contributed by atoms with Crippen molar-refractivity contribution in [3.8, 4) is 0 Å². The first-order chi connectivity index (χ1) is 17.6. The number of aliphatic carboxylic acids is 1. The maximum atomic E-state index is 13.2. The summed E-state index contributed by atoms with van der Waals surface area (Å²) in [4.78, 5) is 62.8. The van der Waals surface area contributed by atoms with Crippen molar-refractivity contribution < 1.29 is 38.6 Å². The number of esters is 2. The first kappa shape index (κ1) is 29.6. The first-order valence-corrected chi connectivity index (χ1v) is 13.1. The van der Waals surface area contributed by atoms with Crippen LogP contribution in [-0.4, -0.2) is 75.6 Å². The highest BCUT2D eigenvalue weighted by atomic mass is 35.5. The van der Waals surface area contributed by atoms with Crippen LogP contribution in [0.15, 0.2) is 22.7 Å². The number of rotatable bonds is 7. The molecule has 0 saturated carbocycles. The van der Waals surface area contributed by atoms with Crippen LogP contribution in [0.5, 0.6) is 0 Å². The second-order valence-electron chi connectivity index (χ2n) is 9.92. The van der Waals surface area contributed by atoms with Gasteiger partial charge in [-0.1, -0.05) is 29.3 Å². The molecule has 4 N–H and O–H groups in total. The lowest BCUT2D eigenvalue weighted by atomic mass is 9.88. The summed E-state index contributed by atoms with van der Waals surface area (Å²) in [6.07, 6.45) is 0. The number of nitrogen functional groups attached to an aromatic ring is 1. The highest BCUT2D eigenvalue weighted by Crippen LogP contribution is 2.43. The molecule has 0 radical (unpaired) electrons. The third-order valence-corrected chi connectivity index (χ3v) is 7.77. The molecule has 3 atom stereocenters. The normalized spacial score (nSPS) is 22.5. The zero-order valence-electron chi connectivity index (χ0n) is 21.0. The van der Waals surface area contributed by atoms with Crippen molar-refractivity contribution in [3.63, 3.8) is 0 Å². The zero-order chi connectivity index (χ0) is 28.6. The van der Waals surface area contributed by atoms with Crippen LogP contribution in [-0.2, 0) is 28.7 Å². The molecule has 0 bridgehead atoms. The minimum atomic E-state index is -1.47. The number of halogens is 2. The summed E-state index contributed by atoms with van der Waals surface area (Å²) in [5.41, 5.74) is 4.04. The number of carboxylic acid groups (broad SMARTS) is 1. The minimum absolute atomic E-state index is 0.0302. The lowest BCUT2D eigenvalue weighted by molar-refractivity contribution is -0.164. The fourth-order valence-corrected chi connectivity index (χ4v) is 5.82. The summed E-state index contributed by atoms with van der Waals surface area (Å²) < 4.78 is 9.84. The van der Waals surface area contributed by atoms with Gasteiger partial charge in [0, 0.05) is 30.5 Å². The summed E-state index contributed by atoms with van der Waals surface area (Å²) in [5, 5.41) is 11.8. The number of β-lactam (4-membered cyclic amide) rings is 1. The average Bonchev–Trinajstić information content (AvgIpc) is 2.80. The second-order valence-corrected chi connectivity index (χ2v) is 12.0. The Morgan fingerprint density at radius 1 is 1.26 bits per heavy atom. The Hall–Kier alpha value is -2.96. The van der Waals surface area contributed by atoms with Crippen molar-refractivity contribution >= 4 is 75.9 Å². The van der Waals surface area contributed by atoms with Crippen LogP contribution in [0, 0.1) is 5.41 Å². The van der Waals surface area contributed by atoms with Gasteiger partial charge in [0.1, 0.15) is 33.5 Å². The molecule has 0 aliphatic carbocycles. The molecule has 14 heteroatoms. The molecule has 3 rings (SSSR count). The molecule has 1 aromatic rings. The molecule has 11 nitrogen and oxygen atoms in total. The molecule has 206 valence electrons. The topological polar surface area (TPSA) is 165 Å². The standard InChI is InChI=1S/C24H27Cl2N3O8S/c1-11(30)36-9-24(22(34)35)8-29-19(32)16(20(29)38-10-24)28-18(31)15(17(25)26)13-6-5-12(7-14(13)27)21(33)37-23(2,3)4/h5-7,16,20H,8-10,27H2,1-4H3,(H,28,31)(H,34,35)/t16?,20-,24?/m1/s1. The number of carboxylic acids is 1. The number of nitrogens with zero attached hydrogens (tertiary/aromatic N) is 1. The van der Waals surface area contributed by atoms with E-state index in [0.29, 0.717) is 0 Å². The molecule has 2 heterocycles. The predicted octanol–water partition coefficient (Wildman–Crippen LogP) is 2.40. The monoisotopic (exact) mass is 587 g/mol. The van der Waals surface area contributed by atoms with E-state index < -0.39 is 56.6 Å². The van der Waals surface area contributed by atoms with Gasteiger partial charge < -0.3 is 30.5 Å². The van der Waals surface area contributed by atoms with Crippen LogP contribution in [0.1, 0.15) is 43.6 Å². The molecule has 2 unspecified atom stereocenters. The van der Waals surface area contributed by atoms with Gasteiger partial charge >= 0.3 is 17.9 Å². The number of carbonyl (C=O) groups excluding carboxylic acids is 4. The van der Waals surface area contributed by atoms with Crippen molar-refractivity contribution in [2.45, 2.75) is 44.7 Å². The Balaban J connectivity index is 1.75. The fraction of sp³-hybridized carbons (Fsp3) is 0.458. The Morgan fingerprint density at radius 3 is 2.45 bits per heavy atom. The third-order valence-electron chi connectivity index (χ3n) is 5.81. The molecule has 38 heavy (non-hydrogen) atoms. The van der Waals surface area contributed by atoms with E-state index in [1.54, 1.807) is 20.8 Å². The van der Waals surface area contributed by atoms with Gasteiger partial charge in [0.2, 0.25) is 5.91 Å². The summed E-state index contributed by atoms with van der Waals surface area (Å²) in [6, 6.07) is 3.16. The minimum Gasteiger partial charge on any atom is -0.481 e. The molecule has 2 saturated heterocycles. The van der Waals surface area contributed by atoms with Crippen LogP contribution in [0.2, 0.25) is 0 Å². The molecular formula is C24H27Cl2N3O8S. The lowest BCUT2D eigenvalue weighted by Crippen LogP contribution is -2.74. The van der Waals surface area contributed by atoms with E-state index >= 15 is 0 Å². The maximum Gasteiger partial charge on any atom is 0.338 e. The van der Waals surface area contributed by atoms with Crippen molar-refractivity contribution in [1.29, 1.82) is 0 Å². The summed E-state index contributed by atoms with van der Waals surface area (Å²) >= 11 is 13.2. The molecule has 2 fully saturated rings. The Labute approximate surface area is 233 Å². The molecule has 2 amide bonds. The first-order valence-electron chi connectivity index (χ1n) is 11.3. The van der Waals surface area contributed by atoms with Gasteiger partial charge in [-0.15, -0.1) is 11.8 Å². The average molecular weight is 588 g/mol. The van der Waals surface area contributed by atoms with E-state index in [1.807, 2.05) is 0 Å². The van der Waals surface area contributed by atoms with Gasteiger partial charge in [0.05, 0.1) is 11.1 Å². The van der Waals surface area contributed by atoms with Gasteiger partial charge in [0.15, 0.2) is 0 Å². The molecule has 2 aliphatic rings. The Morgan fingerprint density at radius 2 is 1.92 bits per heavy atom. The molecule has 2 aliphatic heterocycles. The van der Waals surface area contributed by atoms with E-state index in [0.717, 1.165) is 11.8 Å². The molecule has 1 aromatic carbocycles. The smallest absolute Gasteiger partial charge is 0.338 e. The van der Waals surface area contributed by atoms with Gasteiger partial charge in [-0.2, -0.15) is 0 Å². The molecule has 0 spiro atoms. The van der Waals surface area contributed by atoms with Crippen LogP contribution >= 0.6 is 35.0 Å². The van der Waals surface area contributed by atoms with Gasteiger partial charge in [0.25, 0.3) is 5.91 Å². The van der Waals surface area contributed by atoms with Crippen molar-refractivity contribution in [1.82, 2.24) is 10.2 Å². The summed E-state index contributed by atoms with van der Waals surface area (Å²) in [7, 11) is 0. The quantitative estimate of drug-likeness (QED) is 0.186. The number of hydrogen-bond donors (Lipinski definition) is 3. The largest absolute Gasteiger partial charge is 0.481 e. The van der Waals surface area contributed by atoms with Gasteiger partial charge in [-0.3, -0.25) is 19.2 Å². The van der Waals surface area contributed by atoms with Crippen molar-refractivity contribution in [2.24, 2.45) is 5.41 Å². The van der Waals surface area contributed by atoms with E-state index in [-0.39, 0.29) is 41.3 Å². The number of carbonyl (C=O) groups is 5. The van der Waals surface area contributed by atoms with Crippen molar-refractivity contribution in [3.05, 3.63) is 33.8 Å². The summed E-state index contributed by atoms with van der Waals surface area (Å²) in [5.74, 6) is -3.68.